The number of hydrogen-bond donors (Lipinski definition) is 1. The number of carbonyl (C=O) groups is 2. The number of carboxylic acid groups (broad SMARTS) is 1. The molecule has 0 aliphatic heterocycles. The second kappa shape index (κ2) is 6.42. The first-order valence-corrected chi connectivity index (χ1v) is 6.22. The summed E-state index contributed by atoms with van der Waals surface area (Å²) in [5.74, 6) is -1.16. The number of aliphatic carboxylic acids is 1. The third-order valence-electron chi connectivity index (χ3n) is 3.42. The highest BCUT2D eigenvalue weighted by Crippen LogP contribution is 2.30. The second-order valence-corrected chi connectivity index (χ2v) is 4.56. The summed E-state index contributed by atoms with van der Waals surface area (Å²) in [6, 6.07) is 0. The maximum absolute atomic E-state index is 12.2. The van der Waals surface area contributed by atoms with Crippen molar-refractivity contribution in [2.75, 3.05) is 13.1 Å². The lowest BCUT2D eigenvalue weighted by Crippen LogP contribution is -2.39. The molecule has 4 nitrogen and oxygen atoms in total. The molecule has 1 aliphatic rings. The van der Waals surface area contributed by atoms with Gasteiger partial charge in [-0.25, -0.2) is 0 Å². The Hall–Kier alpha value is -1.32. The summed E-state index contributed by atoms with van der Waals surface area (Å²) < 4.78 is 0. The summed E-state index contributed by atoms with van der Waals surface area (Å²) in [6.45, 7) is 6.76. The lowest BCUT2D eigenvalue weighted by molar-refractivity contribution is -0.145. The van der Waals surface area contributed by atoms with Crippen LogP contribution in [0.2, 0.25) is 0 Å². The predicted molar refractivity (Wildman–Crippen MR) is 65.5 cm³/mol. The topological polar surface area (TPSA) is 57.6 Å². The van der Waals surface area contributed by atoms with Crippen molar-refractivity contribution in [3.8, 4) is 0 Å². The van der Waals surface area contributed by atoms with Crippen LogP contribution < -0.4 is 0 Å². The fourth-order valence-corrected chi connectivity index (χ4v) is 2.43. The molecule has 0 heterocycles. The number of nitrogens with zero attached hydrogens (tertiary/aromatic N) is 1. The molecular weight excluding hydrogens is 218 g/mol. The maximum Gasteiger partial charge on any atom is 0.306 e. The van der Waals surface area contributed by atoms with Crippen LogP contribution in [0.5, 0.6) is 0 Å². The van der Waals surface area contributed by atoms with Gasteiger partial charge in [0.05, 0.1) is 5.92 Å². The smallest absolute Gasteiger partial charge is 0.306 e. The van der Waals surface area contributed by atoms with E-state index in [1.54, 1.807) is 11.0 Å². The minimum Gasteiger partial charge on any atom is -0.481 e. The third-order valence-corrected chi connectivity index (χ3v) is 3.42. The SMILES string of the molecule is C=CCN(CC)C(=O)C1CCCC(C(=O)O)C1. The van der Waals surface area contributed by atoms with Crippen molar-refractivity contribution in [3.63, 3.8) is 0 Å². The Bertz CT molecular complexity index is 301. The Morgan fingerprint density at radius 2 is 2.06 bits per heavy atom. The highest BCUT2D eigenvalue weighted by Gasteiger charge is 2.32. The van der Waals surface area contributed by atoms with Crippen LogP contribution in [0, 0.1) is 11.8 Å². The Morgan fingerprint density at radius 1 is 1.41 bits per heavy atom. The maximum atomic E-state index is 12.2. The molecule has 1 fully saturated rings. The minimum absolute atomic E-state index is 0.0818. The van der Waals surface area contributed by atoms with Gasteiger partial charge in [-0.2, -0.15) is 0 Å². The van der Waals surface area contributed by atoms with E-state index in [9.17, 15) is 9.59 Å². The highest BCUT2D eigenvalue weighted by molar-refractivity contribution is 5.80. The molecule has 0 saturated heterocycles. The van der Waals surface area contributed by atoms with E-state index in [-0.39, 0.29) is 17.7 Å². The molecule has 2 unspecified atom stereocenters. The van der Waals surface area contributed by atoms with Crippen LogP contribution in [0.25, 0.3) is 0 Å². The van der Waals surface area contributed by atoms with Crippen LogP contribution in [-0.2, 0) is 9.59 Å². The highest BCUT2D eigenvalue weighted by atomic mass is 16.4. The second-order valence-electron chi connectivity index (χ2n) is 4.56. The van der Waals surface area contributed by atoms with Gasteiger partial charge >= 0.3 is 5.97 Å². The Morgan fingerprint density at radius 3 is 2.59 bits per heavy atom. The number of hydrogen-bond acceptors (Lipinski definition) is 2. The van der Waals surface area contributed by atoms with E-state index < -0.39 is 5.97 Å². The van der Waals surface area contributed by atoms with Gasteiger partial charge in [0.1, 0.15) is 0 Å². The zero-order valence-corrected chi connectivity index (χ0v) is 10.4. The van der Waals surface area contributed by atoms with Gasteiger partial charge in [0.2, 0.25) is 5.91 Å². The Balaban J connectivity index is 2.61. The molecule has 1 amide bonds. The van der Waals surface area contributed by atoms with Crippen molar-refractivity contribution in [1.29, 1.82) is 0 Å². The van der Waals surface area contributed by atoms with Crippen molar-refractivity contribution < 1.29 is 14.7 Å². The largest absolute Gasteiger partial charge is 0.481 e. The van der Waals surface area contributed by atoms with Crippen molar-refractivity contribution >= 4 is 11.9 Å². The van der Waals surface area contributed by atoms with Crippen LogP contribution in [0.4, 0.5) is 0 Å². The summed E-state index contributed by atoms with van der Waals surface area (Å²) in [7, 11) is 0. The number of likely N-dealkylation sites (N-methyl/N-ethyl adjacent to an activating group) is 1. The average Bonchev–Trinajstić information content (AvgIpc) is 2.35. The zero-order valence-electron chi connectivity index (χ0n) is 10.4. The van der Waals surface area contributed by atoms with E-state index >= 15 is 0 Å². The molecule has 1 saturated carbocycles. The molecule has 96 valence electrons. The molecule has 1 rings (SSSR count). The molecule has 17 heavy (non-hydrogen) atoms. The van der Waals surface area contributed by atoms with E-state index in [4.69, 9.17) is 5.11 Å². The van der Waals surface area contributed by atoms with Crippen molar-refractivity contribution in [3.05, 3.63) is 12.7 Å². The monoisotopic (exact) mass is 239 g/mol. The molecule has 4 heteroatoms. The van der Waals surface area contributed by atoms with Gasteiger partial charge in [0.15, 0.2) is 0 Å². The summed E-state index contributed by atoms with van der Waals surface area (Å²) in [4.78, 5) is 24.9. The lowest BCUT2D eigenvalue weighted by atomic mass is 9.80. The third kappa shape index (κ3) is 3.58. The number of carbonyl (C=O) groups excluding carboxylic acids is 1. The average molecular weight is 239 g/mol. The van der Waals surface area contributed by atoms with Gasteiger partial charge in [-0.15, -0.1) is 6.58 Å². The van der Waals surface area contributed by atoms with E-state index in [0.717, 1.165) is 12.8 Å². The van der Waals surface area contributed by atoms with Crippen molar-refractivity contribution in [2.45, 2.75) is 32.6 Å². The molecule has 0 bridgehead atoms. The lowest BCUT2D eigenvalue weighted by Gasteiger charge is -2.30. The summed E-state index contributed by atoms with van der Waals surface area (Å²) in [6.07, 6.45) is 4.54. The molecule has 0 aromatic rings. The van der Waals surface area contributed by atoms with E-state index in [1.807, 2.05) is 6.92 Å². The fraction of sp³-hybridized carbons (Fsp3) is 0.692. The van der Waals surface area contributed by atoms with E-state index in [2.05, 4.69) is 6.58 Å². The van der Waals surface area contributed by atoms with Gasteiger partial charge in [-0.3, -0.25) is 9.59 Å². The standard InChI is InChI=1S/C13H21NO3/c1-3-8-14(4-2)12(15)10-6-5-7-11(9-10)13(16)17/h3,10-11H,1,4-9H2,2H3,(H,16,17). The molecule has 0 spiro atoms. The van der Waals surface area contributed by atoms with Gasteiger partial charge < -0.3 is 10.0 Å². The predicted octanol–water partition coefficient (Wildman–Crippen LogP) is 1.91. The number of rotatable bonds is 5. The normalized spacial score (nSPS) is 24.1. The van der Waals surface area contributed by atoms with Gasteiger partial charge in [-0.05, 0) is 26.2 Å². The van der Waals surface area contributed by atoms with Gasteiger partial charge in [0, 0.05) is 19.0 Å². The molecule has 0 aromatic carbocycles. The van der Waals surface area contributed by atoms with E-state index in [0.29, 0.717) is 25.9 Å². The van der Waals surface area contributed by atoms with Crippen LogP contribution in [0.1, 0.15) is 32.6 Å². The number of amides is 1. The molecule has 0 radical (unpaired) electrons. The van der Waals surface area contributed by atoms with Crippen LogP contribution >= 0.6 is 0 Å². The first-order chi connectivity index (χ1) is 8.10. The number of carboxylic acids is 1. The molecule has 1 aliphatic carbocycles. The van der Waals surface area contributed by atoms with Gasteiger partial charge in [-0.1, -0.05) is 12.5 Å². The summed E-state index contributed by atoms with van der Waals surface area (Å²) in [5.41, 5.74) is 0. The van der Waals surface area contributed by atoms with Gasteiger partial charge in [0.25, 0.3) is 0 Å². The minimum atomic E-state index is -0.769. The van der Waals surface area contributed by atoms with Crippen molar-refractivity contribution in [1.82, 2.24) is 4.90 Å². The molecule has 2 atom stereocenters. The molecule has 0 aromatic heterocycles. The summed E-state index contributed by atoms with van der Waals surface area (Å²) in [5, 5.41) is 9.00. The molecular formula is C13H21NO3. The van der Waals surface area contributed by atoms with Crippen LogP contribution in [-0.4, -0.2) is 35.0 Å². The van der Waals surface area contributed by atoms with Crippen LogP contribution in [0.3, 0.4) is 0 Å². The van der Waals surface area contributed by atoms with E-state index in [1.165, 1.54) is 0 Å². The molecule has 1 N–H and O–H groups in total. The van der Waals surface area contributed by atoms with Crippen LogP contribution in [0.15, 0.2) is 12.7 Å². The first kappa shape index (κ1) is 13.7. The summed E-state index contributed by atoms with van der Waals surface area (Å²) >= 11 is 0. The Kier molecular flexibility index (Phi) is 5.19. The first-order valence-electron chi connectivity index (χ1n) is 6.22. The zero-order chi connectivity index (χ0) is 12.8. The fourth-order valence-electron chi connectivity index (χ4n) is 2.43. The Labute approximate surface area is 102 Å². The quantitative estimate of drug-likeness (QED) is 0.746. The van der Waals surface area contributed by atoms with Crippen molar-refractivity contribution in [2.24, 2.45) is 11.8 Å².